The second-order valence-corrected chi connectivity index (χ2v) is 4.60. The molecule has 1 saturated heterocycles. The third-order valence-electron chi connectivity index (χ3n) is 2.64. The van der Waals surface area contributed by atoms with Gasteiger partial charge in [-0.1, -0.05) is 0 Å². The Morgan fingerprint density at radius 3 is 2.79 bits per heavy atom. The standard InChI is InChI=1S/C10H15BrN2O/c11-8-3-6-14-10(8)9(12)7-13-4-1-2-5-13/h3,6,9H,1-2,4-5,7,12H2. The van der Waals surface area contributed by atoms with Crippen molar-refractivity contribution in [2.75, 3.05) is 19.6 Å². The molecule has 14 heavy (non-hydrogen) atoms. The maximum atomic E-state index is 6.05. The highest BCUT2D eigenvalue weighted by Gasteiger charge is 2.19. The third-order valence-corrected chi connectivity index (χ3v) is 3.29. The Morgan fingerprint density at radius 1 is 1.50 bits per heavy atom. The fourth-order valence-electron chi connectivity index (χ4n) is 1.90. The molecule has 0 aliphatic carbocycles. The van der Waals surface area contributed by atoms with Crippen LogP contribution in [0, 0.1) is 0 Å². The molecule has 1 unspecified atom stereocenters. The first kappa shape index (κ1) is 10.2. The molecule has 0 radical (unpaired) electrons. The van der Waals surface area contributed by atoms with Gasteiger partial charge in [0.25, 0.3) is 0 Å². The fourth-order valence-corrected chi connectivity index (χ4v) is 2.39. The first-order chi connectivity index (χ1) is 6.77. The molecular weight excluding hydrogens is 244 g/mol. The van der Waals surface area contributed by atoms with E-state index in [0.717, 1.165) is 16.8 Å². The van der Waals surface area contributed by atoms with Gasteiger partial charge in [-0.25, -0.2) is 0 Å². The summed E-state index contributed by atoms with van der Waals surface area (Å²) in [6.45, 7) is 3.24. The minimum absolute atomic E-state index is 0.0162. The predicted octanol–water partition coefficient (Wildman–Crippen LogP) is 2.14. The van der Waals surface area contributed by atoms with Gasteiger partial charge in [0.15, 0.2) is 0 Å². The lowest BCUT2D eigenvalue weighted by Crippen LogP contribution is -2.29. The summed E-state index contributed by atoms with van der Waals surface area (Å²) in [6.07, 6.45) is 4.27. The normalized spacial score (nSPS) is 20.1. The summed E-state index contributed by atoms with van der Waals surface area (Å²) < 4.78 is 6.31. The summed E-state index contributed by atoms with van der Waals surface area (Å²) in [5.41, 5.74) is 6.05. The van der Waals surface area contributed by atoms with Gasteiger partial charge in [-0.3, -0.25) is 0 Å². The van der Waals surface area contributed by atoms with Crippen LogP contribution in [0.1, 0.15) is 24.6 Å². The van der Waals surface area contributed by atoms with Gasteiger partial charge in [0.1, 0.15) is 5.76 Å². The van der Waals surface area contributed by atoms with Crippen molar-refractivity contribution in [2.24, 2.45) is 5.73 Å². The van der Waals surface area contributed by atoms with Crippen molar-refractivity contribution in [3.63, 3.8) is 0 Å². The van der Waals surface area contributed by atoms with Gasteiger partial charge < -0.3 is 15.1 Å². The Kier molecular flexibility index (Phi) is 3.26. The topological polar surface area (TPSA) is 42.4 Å². The van der Waals surface area contributed by atoms with E-state index in [1.807, 2.05) is 6.07 Å². The Hall–Kier alpha value is -0.320. The molecule has 1 atom stereocenters. The SMILES string of the molecule is NC(CN1CCCC1)c1occc1Br. The molecule has 0 saturated carbocycles. The van der Waals surface area contributed by atoms with Crippen LogP contribution in [0.4, 0.5) is 0 Å². The first-order valence-corrected chi connectivity index (χ1v) is 5.77. The zero-order valence-electron chi connectivity index (χ0n) is 8.08. The molecule has 2 N–H and O–H groups in total. The summed E-state index contributed by atoms with van der Waals surface area (Å²) in [4.78, 5) is 2.39. The molecule has 4 heteroatoms. The molecule has 1 fully saturated rings. The summed E-state index contributed by atoms with van der Waals surface area (Å²) in [5.74, 6) is 0.858. The minimum atomic E-state index is -0.0162. The zero-order valence-corrected chi connectivity index (χ0v) is 9.66. The van der Waals surface area contributed by atoms with Crippen molar-refractivity contribution >= 4 is 15.9 Å². The Morgan fingerprint density at radius 2 is 2.21 bits per heavy atom. The van der Waals surface area contributed by atoms with Crippen molar-refractivity contribution in [3.05, 3.63) is 22.6 Å². The highest BCUT2D eigenvalue weighted by molar-refractivity contribution is 9.10. The molecule has 1 aliphatic rings. The van der Waals surface area contributed by atoms with Crippen molar-refractivity contribution < 1.29 is 4.42 Å². The van der Waals surface area contributed by atoms with Crippen LogP contribution in [0.5, 0.6) is 0 Å². The molecule has 1 aromatic rings. The highest BCUT2D eigenvalue weighted by Crippen LogP contribution is 2.24. The number of hydrogen-bond donors (Lipinski definition) is 1. The van der Waals surface area contributed by atoms with Crippen LogP contribution in [0.25, 0.3) is 0 Å². The predicted molar refractivity (Wildman–Crippen MR) is 59.0 cm³/mol. The molecule has 3 nitrogen and oxygen atoms in total. The largest absolute Gasteiger partial charge is 0.466 e. The van der Waals surface area contributed by atoms with E-state index in [9.17, 15) is 0 Å². The van der Waals surface area contributed by atoms with Gasteiger partial charge in [0.2, 0.25) is 0 Å². The van der Waals surface area contributed by atoms with Crippen LogP contribution >= 0.6 is 15.9 Å². The number of halogens is 1. The maximum Gasteiger partial charge on any atom is 0.135 e. The van der Waals surface area contributed by atoms with Gasteiger partial charge in [-0.05, 0) is 47.9 Å². The van der Waals surface area contributed by atoms with Crippen molar-refractivity contribution in [3.8, 4) is 0 Å². The Labute approximate surface area is 92.4 Å². The number of hydrogen-bond acceptors (Lipinski definition) is 3. The smallest absolute Gasteiger partial charge is 0.135 e. The van der Waals surface area contributed by atoms with E-state index in [1.165, 1.54) is 25.9 Å². The molecule has 2 rings (SSSR count). The van der Waals surface area contributed by atoms with Crippen LogP contribution < -0.4 is 5.73 Å². The number of nitrogens with two attached hydrogens (primary N) is 1. The molecule has 1 aliphatic heterocycles. The molecule has 0 amide bonds. The lowest BCUT2D eigenvalue weighted by atomic mass is 10.2. The number of rotatable bonds is 3. The van der Waals surface area contributed by atoms with Gasteiger partial charge in [-0.15, -0.1) is 0 Å². The van der Waals surface area contributed by atoms with Crippen LogP contribution in [-0.4, -0.2) is 24.5 Å². The monoisotopic (exact) mass is 258 g/mol. The lowest BCUT2D eigenvalue weighted by Gasteiger charge is -2.18. The molecular formula is C10H15BrN2O. The molecule has 0 spiro atoms. The third kappa shape index (κ3) is 2.19. The highest BCUT2D eigenvalue weighted by atomic mass is 79.9. The van der Waals surface area contributed by atoms with E-state index in [4.69, 9.17) is 10.2 Å². The Bertz CT molecular complexity index is 294. The van der Waals surface area contributed by atoms with Gasteiger partial charge in [0.05, 0.1) is 16.8 Å². The lowest BCUT2D eigenvalue weighted by molar-refractivity contribution is 0.297. The molecule has 2 heterocycles. The maximum absolute atomic E-state index is 6.05. The summed E-state index contributed by atoms with van der Waals surface area (Å²) in [5, 5.41) is 0. The van der Waals surface area contributed by atoms with Crippen LogP contribution in [0.3, 0.4) is 0 Å². The average molecular weight is 259 g/mol. The van der Waals surface area contributed by atoms with E-state index in [2.05, 4.69) is 20.8 Å². The van der Waals surface area contributed by atoms with E-state index in [-0.39, 0.29) is 6.04 Å². The second-order valence-electron chi connectivity index (χ2n) is 3.75. The fraction of sp³-hybridized carbons (Fsp3) is 0.600. The van der Waals surface area contributed by atoms with Crippen molar-refractivity contribution in [2.45, 2.75) is 18.9 Å². The summed E-state index contributed by atoms with van der Waals surface area (Å²) in [7, 11) is 0. The number of nitrogens with zero attached hydrogens (tertiary/aromatic N) is 1. The molecule has 78 valence electrons. The molecule has 0 bridgehead atoms. The molecule has 0 aromatic carbocycles. The number of furan rings is 1. The van der Waals surface area contributed by atoms with Gasteiger partial charge >= 0.3 is 0 Å². The van der Waals surface area contributed by atoms with Crippen molar-refractivity contribution in [1.82, 2.24) is 4.90 Å². The van der Waals surface area contributed by atoms with Crippen LogP contribution in [0.15, 0.2) is 21.2 Å². The van der Waals surface area contributed by atoms with Crippen LogP contribution in [0.2, 0.25) is 0 Å². The zero-order chi connectivity index (χ0) is 9.97. The average Bonchev–Trinajstić information content (AvgIpc) is 2.75. The quantitative estimate of drug-likeness (QED) is 0.904. The van der Waals surface area contributed by atoms with Crippen LogP contribution in [-0.2, 0) is 0 Å². The number of likely N-dealkylation sites (tertiary alicyclic amines) is 1. The van der Waals surface area contributed by atoms with Crippen molar-refractivity contribution in [1.29, 1.82) is 0 Å². The second kappa shape index (κ2) is 4.47. The van der Waals surface area contributed by atoms with E-state index in [0.29, 0.717) is 0 Å². The first-order valence-electron chi connectivity index (χ1n) is 4.98. The Balaban J connectivity index is 1.95. The van der Waals surface area contributed by atoms with E-state index >= 15 is 0 Å². The summed E-state index contributed by atoms with van der Waals surface area (Å²) in [6, 6.07) is 1.87. The molecule has 1 aromatic heterocycles. The summed E-state index contributed by atoms with van der Waals surface area (Å²) >= 11 is 3.42. The van der Waals surface area contributed by atoms with E-state index < -0.39 is 0 Å². The minimum Gasteiger partial charge on any atom is -0.466 e. The van der Waals surface area contributed by atoms with Gasteiger partial charge in [0, 0.05) is 6.54 Å². The van der Waals surface area contributed by atoms with E-state index in [1.54, 1.807) is 6.26 Å². The van der Waals surface area contributed by atoms with Gasteiger partial charge in [-0.2, -0.15) is 0 Å².